The fourth-order valence-electron chi connectivity index (χ4n) is 1.88. The Labute approximate surface area is 126 Å². The molecule has 0 radical (unpaired) electrons. The summed E-state index contributed by atoms with van der Waals surface area (Å²) in [5.74, 6) is -0.924. The largest absolute Gasteiger partial charge is 0.481 e. The van der Waals surface area contributed by atoms with Gasteiger partial charge in [0.05, 0.1) is 6.42 Å². The van der Waals surface area contributed by atoms with Crippen molar-refractivity contribution in [3.63, 3.8) is 0 Å². The van der Waals surface area contributed by atoms with Crippen molar-refractivity contribution in [3.8, 4) is 0 Å². The quantitative estimate of drug-likeness (QED) is 0.766. The highest BCUT2D eigenvalue weighted by Crippen LogP contribution is 2.24. The van der Waals surface area contributed by atoms with Gasteiger partial charge in [0.2, 0.25) is 0 Å². The highest BCUT2D eigenvalue weighted by atomic mass is 79.9. The fourth-order valence-corrected chi connectivity index (χ4v) is 2.11. The van der Waals surface area contributed by atoms with Gasteiger partial charge in [-0.2, -0.15) is 0 Å². The minimum absolute atomic E-state index is 0.0810. The van der Waals surface area contributed by atoms with Crippen LogP contribution in [-0.2, 0) is 4.79 Å². The molecule has 0 aliphatic heterocycles. The second kappa shape index (κ2) is 7.28. The lowest BCUT2D eigenvalue weighted by Crippen LogP contribution is -2.38. The Morgan fingerprint density at radius 3 is 2.30 bits per heavy atom. The summed E-state index contributed by atoms with van der Waals surface area (Å²) in [5.41, 5.74) is 2.74. The molecule has 0 fully saturated rings. The normalized spacial score (nSPS) is 11.8. The third-order valence-electron chi connectivity index (χ3n) is 2.94. The molecule has 2 amide bonds. The topological polar surface area (TPSA) is 78.4 Å². The third kappa shape index (κ3) is 4.85. The number of anilines is 1. The molecule has 0 aliphatic carbocycles. The first-order valence-electron chi connectivity index (χ1n) is 6.39. The molecular formula is C14H19BrN2O3. The predicted octanol–water partition coefficient (Wildman–Crippen LogP) is 3.44. The van der Waals surface area contributed by atoms with Crippen LogP contribution in [0.4, 0.5) is 10.5 Å². The molecule has 0 spiro atoms. The minimum Gasteiger partial charge on any atom is -0.481 e. The Hall–Kier alpha value is -1.56. The first kappa shape index (κ1) is 16.5. The van der Waals surface area contributed by atoms with Gasteiger partial charge in [-0.3, -0.25) is 4.79 Å². The molecule has 1 unspecified atom stereocenters. The zero-order valence-electron chi connectivity index (χ0n) is 11.8. The van der Waals surface area contributed by atoms with Crippen LogP contribution in [0, 0.1) is 13.8 Å². The van der Waals surface area contributed by atoms with Crippen molar-refractivity contribution < 1.29 is 14.7 Å². The number of carbonyl (C=O) groups is 2. The van der Waals surface area contributed by atoms with E-state index in [1.165, 1.54) is 0 Å². The second-order valence-electron chi connectivity index (χ2n) is 4.73. The van der Waals surface area contributed by atoms with Gasteiger partial charge in [-0.1, -0.05) is 22.9 Å². The van der Waals surface area contributed by atoms with Crippen LogP contribution in [0.5, 0.6) is 0 Å². The van der Waals surface area contributed by atoms with Crippen LogP contribution in [-0.4, -0.2) is 23.1 Å². The molecule has 3 N–H and O–H groups in total. The molecule has 1 atom stereocenters. The van der Waals surface area contributed by atoms with Gasteiger partial charge in [0.15, 0.2) is 0 Å². The van der Waals surface area contributed by atoms with Crippen LogP contribution in [0.25, 0.3) is 0 Å². The van der Waals surface area contributed by atoms with E-state index in [9.17, 15) is 9.59 Å². The average molecular weight is 343 g/mol. The number of hydrogen-bond acceptors (Lipinski definition) is 2. The molecule has 20 heavy (non-hydrogen) atoms. The van der Waals surface area contributed by atoms with Gasteiger partial charge in [0, 0.05) is 16.2 Å². The lowest BCUT2D eigenvalue weighted by Gasteiger charge is -2.16. The summed E-state index contributed by atoms with van der Waals surface area (Å²) in [4.78, 5) is 22.5. The number of carboxylic acids is 1. The number of aliphatic carboxylic acids is 1. The van der Waals surface area contributed by atoms with E-state index in [1.54, 1.807) is 0 Å². The van der Waals surface area contributed by atoms with Crippen LogP contribution < -0.4 is 10.6 Å². The van der Waals surface area contributed by atoms with Crippen molar-refractivity contribution in [2.75, 3.05) is 5.32 Å². The zero-order chi connectivity index (χ0) is 15.3. The van der Waals surface area contributed by atoms with Gasteiger partial charge in [-0.15, -0.1) is 0 Å². The molecule has 6 heteroatoms. The zero-order valence-corrected chi connectivity index (χ0v) is 13.4. The summed E-state index contributed by atoms with van der Waals surface area (Å²) < 4.78 is 1.01. The lowest BCUT2D eigenvalue weighted by atomic mass is 10.1. The van der Waals surface area contributed by atoms with Crippen LogP contribution >= 0.6 is 15.9 Å². The van der Waals surface area contributed by atoms with Crippen molar-refractivity contribution in [1.29, 1.82) is 0 Å². The first-order valence-corrected chi connectivity index (χ1v) is 7.18. The smallest absolute Gasteiger partial charge is 0.319 e. The number of urea groups is 1. The Kier molecular flexibility index (Phi) is 6.01. The Morgan fingerprint density at radius 1 is 1.30 bits per heavy atom. The highest BCUT2D eigenvalue weighted by molar-refractivity contribution is 9.10. The molecule has 1 rings (SSSR count). The number of nitrogens with one attached hydrogen (secondary N) is 2. The molecule has 0 aromatic heterocycles. The standard InChI is InChI=1S/C14H19BrN2O3/c1-4-10(7-12(18)19)16-14(20)17-11-5-8(2)13(15)9(3)6-11/h5-6,10H,4,7H2,1-3H3,(H,18,19)(H2,16,17,20). The van der Waals surface area contributed by atoms with Crippen LogP contribution in [0.2, 0.25) is 0 Å². The summed E-state index contributed by atoms with van der Waals surface area (Å²) in [6.07, 6.45) is 0.487. The second-order valence-corrected chi connectivity index (χ2v) is 5.52. The summed E-state index contributed by atoms with van der Waals surface area (Å²) >= 11 is 3.46. The molecule has 1 aromatic carbocycles. The maximum absolute atomic E-state index is 11.8. The van der Waals surface area contributed by atoms with E-state index in [4.69, 9.17) is 5.11 Å². The van der Waals surface area contributed by atoms with Gasteiger partial charge in [-0.05, 0) is 43.5 Å². The maximum Gasteiger partial charge on any atom is 0.319 e. The number of halogens is 1. The number of amides is 2. The van der Waals surface area contributed by atoms with Crippen molar-refractivity contribution >= 4 is 33.6 Å². The van der Waals surface area contributed by atoms with Crippen molar-refractivity contribution in [2.24, 2.45) is 0 Å². The molecule has 0 saturated carbocycles. The van der Waals surface area contributed by atoms with E-state index in [1.807, 2.05) is 32.9 Å². The summed E-state index contributed by atoms with van der Waals surface area (Å²) in [5, 5.41) is 14.1. The van der Waals surface area contributed by atoms with E-state index in [0.717, 1.165) is 15.6 Å². The van der Waals surface area contributed by atoms with Crippen LogP contribution in [0.15, 0.2) is 16.6 Å². The third-order valence-corrected chi connectivity index (χ3v) is 4.19. The molecular weight excluding hydrogens is 324 g/mol. The molecule has 1 aromatic rings. The van der Waals surface area contributed by atoms with Gasteiger partial charge in [0.1, 0.15) is 0 Å². The highest BCUT2D eigenvalue weighted by Gasteiger charge is 2.14. The van der Waals surface area contributed by atoms with E-state index < -0.39 is 5.97 Å². The van der Waals surface area contributed by atoms with Gasteiger partial charge in [0.25, 0.3) is 0 Å². The van der Waals surface area contributed by atoms with Gasteiger partial charge in [-0.25, -0.2) is 4.79 Å². The van der Waals surface area contributed by atoms with Crippen molar-refractivity contribution in [3.05, 3.63) is 27.7 Å². The van der Waals surface area contributed by atoms with Crippen molar-refractivity contribution in [2.45, 2.75) is 39.7 Å². The number of rotatable bonds is 5. The number of benzene rings is 1. The molecule has 0 heterocycles. The number of carbonyl (C=O) groups excluding carboxylic acids is 1. The number of aryl methyl sites for hydroxylation is 2. The van der Waals surface area contributed by atoms with E-state index >= 15 is 0 Å². The fraction of sp³-hybridized carbons (Fsp3) is 0.429. The van der Waals surface area contributed by atoms with Crippen LogP contribution in [0.1, 0.15) is 30.9 Å². The van der Waals surface area contributed by atoms with E-state index in [2.05, 4.69) is 26.6 Å². The lowest BCUT2D eigenvalue weighted by molar-refractivity contribution is -0.137. The SMILES string of the molecule is CCC(CC(=O)O)NC(=O)Nc1cc(C)c(Br)c(C)c1. The van der Waals surface area contributed by atoms with E-state index in [-0.39, 0.29) is 18.5 Å². The molecule has 5 nitrogen and oxygen atoms in total. The minimum atomic E-state index is -0.924. The Bertz CT molecular complexity index is 494. The van der Waals surface area contributed by atoms with E-state index in [0.29, 0.717) is 12.1 Å². The average Bonchev–Trinajstić information content (AvgIpc) is 2.34. The number of hydrogen-bond donors (Lipinski definition) is 3. The van der Waals surface area contributed by atoms with Gasteiger partial charge >= 0.3 is 12.0 Å². The first-order chi connectivity index (χ1) is 9.33. The monoisotopic (exact) mass is 342 g/mol. The predicted molar refractivity (Wildman–Crippen MR) is 82.1 cm³/mol. The Balaban J connectivity index is 2.68. The Morgan fingerprint density at radius 2 is 1.85 bits per heavy atom. The van der Waals surface area contributed by atoms with Crippen LogP contribution in [0.3, 0.4) is 0 Å². The summed E-state index contributed by atoms with van der Waals surface area (Å²) in [6, 6.07) is 2.95. The number of carboxylic acid groups (broad SMARTS) is 1. The molecule has 0 saturated heterocycles. The molecule has 0 bridgehead atoms. The maximum atomic E-state index is 11.8. The van der Waals surface area contributed by atoms with Crippen molar-refractivity contribution in [1.82, 2.24) is 5.32 Å². The summed E-state index contributed by atoms with van der Waals surface area (Å²) in [6.45, 7) is 5.72. The molecule has 0 aliphatic rings. The van der Waals surface area contributed by atoms with Gasteiger partial charge < -0.3 is 15.7 Å². The summed E-state index contributed by atoms with van der Waals surface area (Å²) in [7, 11) is 0. The molecule has 110 valence electrons.